The van der Waals surface area contributed by atoms with Gasteiger partial charge in [0.05, 0.1) is 19.1 Å². The Balaban J connectivity index is 1.17. The second-order valence-corrected chi connectivity index (χ2v) is 11.5. The third-order valence-corrected chi connectivity index (χ3v) is 8.99. The number of H-pyrrole nitrogens is 2. The third kappa shape index (κ3) is 5.18. The topological polar surface area (TPSA) is 161 Å². The van der Waals surface area contributed by atoms with Gasteiger partial charge in [0.25, 0.3) is 0 Å². The second-order valence-electron chi connectivity index (χ2n) is 9.70. The zero-order valence-corrected chi connectivity index (χ0v) is 22.5. The van der Waals surface area contributed by atoms with Crippen LogP contribution in [-0.2, 0) is 10.2 Å². The molecule has 39 heavy (non-hydrogen) atoms. The van der Waals surface area contributed by atoms with Crippen LogP contribution >= 0.6 is 0 Å². The normalized spacial score (nSPS) is 17.4. The van der Waals surface area contributed by atoms with E-state index in [2.05, 4.69) is 40.6 Å². The van der Waals surface area contributed by atoms with Gasteiger partial charge in [-0.3, -0.25) is 0 Å². The van der Waals surface area contributed by atoms with Gasteiger partial charge in [-0.25, -0.2) is 4.98 Å². The smallest absolute Gasteiger partial charge is 0.397 e. The fourth-order valence-corrected chi connectivity index (χ4v) is 6.41. The molecule has 1 saturated carbocycles. The number of nitrogens with zero attached hydrogens (tertiary/aromatic N) is 7. The van der Waals surface area contributed by atoms with E-state index in [1.807, 2.05) is 18.2 Å². The number of rotatable bonds is 8. The standard InChI is InChI=1S/C24H31N11O3S/c1-38-20-13-18(33-9-11-34(12-10-33)39(36,37)35-16-25-14-28-35)7-8-19(20)30-24-31-22-21(26-15-27-22)23(32-24)29-17-5-3-2-4-6-17/h7-8,13-17H,2-6,9-12H2,1H3,(H3,26,27,29,30,31,32)/p+1. The lowest BCUT2D eigenvalue weighted by Crippen LogP contribution is -2.58. The van der Waals surface area contributed by atoms with Gasteiger partial charge in [0.2, 0.25) is 12.3 Å². The summed E-state index contributed by atoms with van der Waals surface area (Å²) in [6.07, 6.45) is 10.2. The van der Waals surface area contributed by atoms with Crippen LogP contribution in [0.4, 0.5) is 23.1 Å². The molecule has 4 aromatic rings. The summed E-state index contributed by atoms with van der Waals surface area (Å²) < 4.78 is 33.7. The van der Waals surface area contributed by atoms with Gasteiger partial charge in [0, 0.05) is 44.0 Å². The Hall–Kier alpha value is -3.98. The maximum absolute atomic E-state index is 12.8. The number of ether oxygens (including phenoxy) is 1. The fourth-order valence-electron chi connectivity index (χ4n) is 5.18. The van der Waals surface area contributed by atoms with Crippen LogP contribution < -0.4 is 24.4 Å². The van der Waals surface area contributed by atoms with Crippen LogP contribution in [0.15, 0.2) is 37.2 Å². The summed E-state index contributed by atoms with van der Waals surface area (Å²) in [4.78, 5) is 22.8. The lowest BCUT2D eigenvalue weighted by atomic mass is 9.95. The summed E-state index contributed by atoms with van der Waals surface area (Å²) in [5.41, 5.74) is 3.03. The number of benzene rings is 1. The zero-order chi connectivity index (χ0) is 26.8. The van der Waals surface area contributed by atoms with Crippen LogP contribution in [0, 0.1) is 0 Å². The van der Waals surface area contributed by atoms with E-state index >= 15 is 0 Å². The zero-order valence-electron chi connectivity index (χ0n) is 21.7. The van der Waals surface area contributed by atoms with E-state index in [0.717, 1.165) is 39.6 Å². The summed E-state index contributed by atoms with van der Waals surface area (Å²) in [7, 11) is -2.04. The molecular formula is C24H32N11O3S+. The van der Waals surface area contributed by atoms with Crippen molar-refractivity contribution < 1.29 is 17.2 Å². The van der Waals surface area contributed by atoms with Gasteiger partial charge < -0.3 is 25.3 Å². The molecule has 4 heterocycles. The Morgan fingerprint density at radius 3 is 2.64 bits per heavy atom. The Morgan fingerprint density at radius 2 is 1.90 bits per heavy atom. The van der Waals surface area contributed by atoms with E-state index in [1.54, 1.807) is 13.4 Å². The first-order chi connectivity index (χ1) is 19.0. The SMILES string of the molecule is COc1cc(N2CCN(S(=O)(=O)[n+]3cnc[nH]3)CC2)ccc1Nc1nc(NC2CCCCC2)c2[nH]cnc2n1. The van der Waals surface area contributed by atoms with Crippen LogP contribution in [0.25, 0.3) is 11.2 Å². The quantitative estimate of drug-likeness (QED) is 0.236. The first-order valence-corrected chi connectivity index (χ1v) is 14.5. The van der Waals surface area contributed by atoms with Crippen molar-refractivity contribution in [3.8, 4) is 5.75 Å². The number of fused-ring (bicyclic) bond motifs is 1. The average Bonchev–Trinajstić information content (AvgIpc) is 3.67. The maximum Gasteiger partial charge on any atom is 0.397 e. The monoisotopic (exact) mass is 554 g/mol. The van der Waals surface area contributed by atoms with Crippen molar-refractivity contribution in [3.05, 3.63) is 37.2 Å². The molecule has 0 radical (unpaired) electrons. The number of piperazine rings is 1. The first kappa shape index (κ1) is 25.3. The number of methoxy groups -OCH3 is 1. The first-order valence-electron chi connectivity index (χ1n) is 13.1. The van der Waals surface area contributed by atoms with Gasteiger partial charge in [-0.15, -0.1) is 0 Å². The van der Waals surface area contributed by atoms with Crippen LogP contribution in [0.2, 0.25) is 0 Å². The molecule has 0 bridgehead atoms. The highest BCUT2D eigenvalue weighted by Crippen LogP contribution is 2.33. The van der Waals surface area contributed by atoms with Crippen LogP contribution in [-0.4, -0.2) is 82.1 Å². The van der Waals surface area contributed by atoms with Crippen LogP contribution in [0.5, 0.6) is 5.75 Å². The van der Waals surface area contributed by atoms with Crippen molar-refractivity contribution in [3.63, 3.8) is 0 Å². The van der Waals surface area contributed by atoms with Gasteiger partial charge in [-0.1, -0.05) is 19.3 Å². The van der Waals surface area contributed by atoms with E-state index in [-0.39, 0.29) is 0 Å². The molecule has 0 amide bonds. The van der Waals surface area contributed by atoms with E-state index < -0.39 is 10.2 Å². The Kier molecular flexibility index (Phi) is 6.91. The third-order valence-electron chi connectivity index (χ3n) is 7.27. The number of aromatic amines is 2. The number of nitrogens with one attached hydrogen (secondary N) is 4. The van der Waals surface area contributed by atoms with Crippen LogP contribution in [0.1, 0.15) is 32.1 Å². The Bertz CT molecular complexity index is 1530. The average molecular weight is 555 g/mol. The minimum atomic E-state index is -3.66. The molecule has 4 N–H and O–H groups in total. The Morgan fingerprint density at radius 1 is 1.08 bits per heavy atom. The van der Waals surface area contributed by atoms with Gasteiger partial charge in [0.1, 0.15) is 11.3 Å². The number of hydrogen-bond acceptors (Lipinski definition) is 10. The molecule has 2 fully saturated rings. The highest BCUT2D eigenvalue weighted by atomic mass is 32.2. The largest absolute Gasteiger partial charge is 0.494 e. The molecule has 1 aliphatic heterocycles. The highest BCUT2D eigenvalue weighted by molar-refractivity contribution is 7.82. The van der Waals surface area contributed by atoms with Crippen molar-refractivity contribution in [1.29, 1.82) is 0 Å². The molecule has 2 aliphatic rings. The van der Waals surface area contributed by atoms with Gasteiger partial charge in [-0.2, -0.15) is 27.8 Å². The van der Waals surface area contributed by atoms with E-state index in [0.29, 0.717) is 49.6 Å². The number of aromatic nitrogens is 7. The predicted molar refractivity (Wildman–Crippen MR) is 145 cm³/mol. The summed E-state index contributed by atoms with van der Waals surface area (Å²) in [6, 6.07) is 6.22. The summed E-state index contributed by atoms with van der Waals surface area (Å²) >= 11 is 0. The summed E-state index contributed by atoms with van der Waals surface area (Å²) in [5.74, 6) is 1.79. The molecule has 0 spiro atoms. The minimum Gasteiger partial charge on any atom is -0.494 e. The molecule has 6 rings (SSSR count). The van der Waals surface area contributed by atoms with Crippen molar-refractivity contribution in [2.75, 3.05) is 48.8 Å². The maximum atomic E-state index is 12.8. The molecule has 0 unspecified atom stereocenters. The minimum absolute atomic E-state index is 0.352. The van der Waals surface area contributed by atoms with Crippen molar-refractivity contribution in [2.24, 2.45) is 0 Å². The summed E-state index contributed by atoms with van der Waals surface area (Å²) in [6.45, 7) is 1.79. The summed E-state index contributed by atoms with van der Waals surface area (Å²) in [5, 5.41) is 9.49. The van der Waals surface area contributed by atoms with Gasteiger partial charge in [0.15, 0.2) is 11.5 Å². The van der Waals surface area contributed by atoms with Gasteiger partial charge >= 0.3 is 16.5 Å². The fraction of sp³-hybridized carbons (Fsp3) is 0.458. The predicted octanol–water partition coefficient (Wildman–Crippen LogP) is 1.78. The lowest BCUT2D eigenvalue weighted by molar-refractivity contribution is -0.580. The molecule has 1 saturated heterocycles. The molecule has 1 aliphatic carbocycles. The molecule has 1 aromatic carbocycles. The molecule has 0 atom stereocenters. The number of hydrogen-bond donors (Lipinski definition) is 4. The second kappa shape index (κ2) is 10.6. The molecule has 15 heteroatoms. The van der Waals surface area contributed by atoms with Crippen molar-refractivity contribution in [2.45, 2.75) is 38.1 Å². The van der Waals surface area contributed by atoms with Crippen LogP contribution in [0.3, 0.4) is 0 Å². The lowest BCUT2D eigenvalue weighted by Gasteiger charge is -2.34. The van der Waals surface area contributed by atoms with Gasteiger partial charge in [-0.05, 0) is 34.0 Å². The van der Waals surface area contributed by atoms with E-state index in [4.69, 9.17) is 9.72 Å². The van der Waals surface area contributed by atoms with Crippen molar-refractivity contribution in [1.82, 2.24) is 34.3 Å². The molecular weight excluding hydrogens is 522 g/mol. The van der Waals surface area contributed by atoms with E-state index in [1.165, 1.54) is 36.2 Å². The Labute approximate surface area is 226 Å². The molecule has 3 aromatic heterocycles. The van der Waals surface area contributed by atoms with E-state index in [9.17, 15) is 8.42 Å². The molecule has 206 valence electrons. The number of imidazole rings is 1. The number of anilines is 4. The molecule has 14 nitrogen and oxygen atoms in total. The van der Waals surface area contributed by atoms with Crippen molar-refractivity contribution >= 4 is 44.5 Å². The highest BCUT2D eigenvalue weighted by Gasteiger charge is 2.33.